The molecule has 0 aromatic heterocycles. The van der Waals surface area contributed by atoms with Crippen LogP contribution in [-0.2, 0) is 10.0 Å². The second kappa shape index (κ2) is 9.00. The molecule has 0 saturated heterocycles. The highest BCUT2D eigenvalue weighted by molar-refractivity contribution is 7.90. The summed E-state index contributed by atoms with van der Waals surface area (Å²) < 4.78 is 40.6. The van der Waals surface area contributed by atoms with Gasteiger partial charge in [-0.05, 0) is 36.4 Å². The Kier molecular flexibility index (Phi) is 5.99. The van der Waals surface area contributed by atoms with Gasteiger partial charge in [0, 0.05) is 5.56 Å². The highest BCUT2D eigenvalue weighted by atomic mass is 32.2. The molecule has 0 radical (unpaired) electrons. The maximum Gasteiger partial charge on any atom is 0.285 e. The van der Waals surface area contributed by atoms with Crippen LogP contribution in [0.25, 0.3) is 0 Å². The van der Waals surface area contributed by atoms with Crippen LogP contribution in [0.2, 0.25) is 0 Å². The van der Waals surface area contributed by atoms with Crippen LogP contribution in [0.5, 0.6) is 11.5 Å². The van der Waals surface area contributed by atoms with Crippen molar-refractivity contribution >= 4 is 15.9 Å². The molecule has 6 nitrogen and oxygen atoms in total. The second-order valence-corrected chi connectivity index (χ2v) is 8.27. The lowest BCUT2D eigenvalue weighted by Gasteiger charge is -2.24. The number of fused-ring (bicyclic) bond motifs is 1. The molecule has 1 heterocycles. The summed E-state index contributed by atoms with van der Waals surface area (Å²) in [6, 6.07) is 25.9. The number of hydrogen-bond acceptors (Lipinski definition) is 5. The summed E-state index contributed by atoms with van der Waals surface area (Å²) >= 11 is 0. The maximum atomic E-state index is 12.5. The first-order valence-electron chi connectivity index (χ1n) is 9.68. The van der Waals surface area contributed by atoms with E-state index in [4.69, 9.17) is 9.47 Å². The predicted molar refractivity (Wildman–Crippen MR) is 116 cm³/mol. The lowest BCUT2D eigenvalue weighted by molar-refractivity contribution is 0.232. The summed E-state index contributed by atoms with van der Waals surface area (Å²) in [5.74, 6) is 1.96. The van der Waals surface area contributed by atoms with Crippen molar-refractivity contribution in [1.29, 1.82) is 0 Å². The molecule has 3 aromatic carbocycles. The average Bonchev–Trinajstić information content (AvgIpc) is 3.05. The van der Waals surface area contributed by atoms with Crippen molar-refractivity contribution in [3.63, 3.8) is 0 Å². The van der Waals surface area contributed by atoms with Crippen molar-refractivity contribution in [2.75, 3.05) is 26.3 Å². The minimum atomic E-state index is -3.69. The van der Waals surface area contributed by atoms with Crippen LogP contribution in [0.15, 0.2) is 94.2 Å². The van der Waals surface area contributed by atoms with Gasteiger partial charge in [0.2, 0.25) is 0 Å². The van der Waals surface area contributed by atoms with E-state index in [9.17, 15) is 8.42 Å². The van der Waals surface area contributed by atoms with E-state index >= 15 is 0 Å². The SMILES string of the molecule is O=S1(=O)N=C(N(CCOc2ccccc2)CCOc2ccccc2)c2ccccc21. The van der Waals surface area contributed by atoms with Crippen molar-refractivity contribution in [3.8, 4) is 11.5 Å². The van der Waals surface area contributed by atoms with E-state index in [1.165, 1.54) is 0 Å². The summed E-state index contributed by atoms with van der Waals surface area (Å²) in [6.45, 7) is 1.71. The molecular formula is C23H22N2O4S. The molecule has 0 amide bonds. The van der Waals surface area contributed by atoms with Crippen LogP contribution in [0.4, 0.5) is 0 Å². The maximum absolute atomic E-state index is 12.5. The minimum absolute atomic E-state index is 0.234. The molecule has 1 aliphatic rings. The third kappa shape index (κ3) is 4.63. The number of para-hydroxylation sites is 2. The lowest BCUT2D eigenvalue weighted by Crippen LogP contribution is -2.37. The molecule has 30 heavy (non-hydrogen) atoms. The Balaban J connectivity index is 1.49. The number of nitrogens with zero attached hydrogens (tertiary/aromatic N) is 2. The molecule has 0 N–H and O–H groups in total. The van der Waals surface area contributed by atoms with Crippen molar-refractivity contribution in [2.45, 2.75) is 4.90 Å². The molecule has 0 spiro atoms. The van der Waals surface area contributed by atoms with Gasteiger partial charge in [-0.2, -0.15) is 8.42 Å². The molecule has 7 heteroatoms. The van der Waals surface area contributed by atoms with Gasteiger partial charge in [-0.15, -0.1) is 4.40 Å². The largest absolute Gasteiger partial charge is 0.492 e. The third-order valence-corrected chi connectivity index (χ3v) is 5.98. The molecule has 0 atom stereocenters. The van der Waals surface area contributed by atoms with E-state index in [0.717, 1.165) is 11.5 Å². The second-order valence-electron chi connectivity index (χ2n) is 6.70. The van der Waals surface area contributed by atoms with Crippen molar-refractivity contribution in [1.82, 2.24) is 4.90 Å². The zero-order chi connectivity index (χ0) is 20.8. The molecule has 0 aliphatic carbocycles. The van der Waals surface area contributed by atoms with Gasteiger partial charge < -0.3 is 14.4 Å². The van der Waals surface area contributed by atoms with Crippen LogP contribution < -0.4 is 9.47 Å². The average molecular weight is 423 g/mol. The summed E-state index contributed by atoms with van der Waals surface area (Å²) in [6.07, 6.45) is 0. The fraction of sp³-hybridized carbons (Fsp3) is 0.174. The molecule has 0 fully saturated rings. The first-order valence-corrected chi connectivity index (χ1v) is 11.1. The highest BCUT2D eigenvalue weighted by Crippen LogP contribution is 2.27. The van der Waals surface area contributed by atoms with E-state index in [2.05, 4.69) is 4.40 Å². The lowest BCUT2D eigenvalue weighted by atomic mass is 10.2. The Labute approximate surface area is 176 Å². The first-order chi connectivity index (χ1) is 14.6. The van der Waals surface area contributed by atoms with Gasteiger partial charge in [0.15, 0.2) is 5.84 Å². The van der Waals surface area contributed by atoms with E-state index < -0.39 is 10.0 Å². The molecular weight excluding hydrogens is 400 g/mol. The van der Waals surface area contributed by atoms with E-state index in [-0.39, 0.29) is 4.90 Å². The van der Waals surface area contributed by atoms with Crippen LogP contribution in [-0.4, -0.2) is 45.5 Å². The topological polar surface area (TPSA) is 68.2 Å². The molecule has 0 saturated carbocycles. The number of hydrogen-bond donors (Lipinski definition) is 0. The quantitative estimate of drug-likeness (QED) is 0.555. The van der Waals surface area contributed by atoms with Crippen molar-refractivity contribution in [2.24, 2.45) is 4.40 Å². The highest BCUT2D eigenvalue weighted by Gasteiger charge is 2.31. The van der Waals surface area contributed by atoms with Gasteiger partial charge in [0.05, 0.1) is 13.1 Å². The van der Waals surface area contributed by atoms with Gasteiger partial charge in [-0.1, -0.05) is 48.5 Å². The number of ether oxygens (including phenoxy) is 2. The third-order valence-electron chi connectivity index (χ3n) is 4.66. The number of rotatable bonds is 8. The van der Waals surface area contributed by atoms with Gasteiger partial charge in [0.25, 0.3) is 10.0 Å². The van der Waals surface area contributed by atoms with Crippen molar-refractivity contribution < 1.29 is 17.9 Å². The Morgan fingerprint density at radius 1 is 0.700 bits per heavy atom. The normalized spacial score (nSPS) is 13.9. The van der Waals surface area contributed by atoms with Crippen LogP contribution >= 0.6 is 0 Å². The predicted octanol–water partition coefficient (Wildman–Crippen LogP) is 3.60. The van der Waals surface area contributed by atoms with Crippen molar-refractivity contribution in [3.05, 3.63) is 90.5 Å². The number of sulfonamides is 1. The Morgan fingerprint density at radius 2 is 1.20 bits per heavy atom. The molecule has 154 valence electrons. The van der Waals surface area contributed by atoms with E-state index in [1.807, 2.05) is 71.6 Å². The summed E-state index contributed by atoms with van der Waals surface area (Å²) in [4.78, 5) is 2.13. The van der Waals surface area contributed by atoms with Gasteiger partial charge in [0.1, 0.15) is 29.6 Å². The minimum Gasteiger partial charge on any atom is -0.492 e. The number of benzene rings is 3. The van der Waals surface area contributed by atoms with Crippen LogP contribution in [0.1, 0.15) is 5.56 Å². The van der Waals surface area contributed by atoms with Crippen LogP contribution in [0, 0.1) is 0 Å². The molecule has 0 bridgehead atoms. The Morgan fingerprint density at radius 3 is 1.77 bits per heavy atom. The fourth-order valence-electron chi connectivity index (χ4n) is 3.22. The summed E-state index contributed by atoms with van der Waals surface area (Å²) in [5.41, 5.74) is 0.608. The zero-order valence-corrected chi connectivity index (χ0v) is 17.2. The monoisotopic (exact) mass is 422 g/mol. The molecule has 0 unspecified atom stereocenters. The Hall–Kier alpha value is -3.32. The standard InChI is InChI=1S/C23H22N2O4S/c26-30(27)22-14-8-7-13-21(22)23(24-30)25(15-17-28-19-9-3-1-4-10-19)16-18-29-20-11-5-2-6-12-20/h1-14H,15-18H2. The van der Waals surface area contributed by atoms with E-state index in [0.29, 0.717) is 37.7 Å². The smallest absolute Gasteiger partial charge is 0.285 e. The van der Waals surface area contributed by atoms with Crippen LogP contribution in [0.3, 0.4) is 0 Å². The molecule has 4 rings (SSSR count). The first kappa shape index (κ1) is 20.0. The molecule has 1 aliphatic heterocycles. The van der Waals surface area contributed by atoms with Gasteiger partial charge in [-0.25, -0.2) is 0 Å². The zero-order valence-electron chi connectivity index (χ0n) is 16.3. The summed E-state index contributed by atoms with van der Waals surface area (Å²) in [7, 11) is -3.69. The molecule has 3 aromatic rings. The summed E-state index contributed by atoms with van der Waals surface area (Å²) in [5, 5.41) is 0. The number of amidine groups is 1. The van der Waals surface area contributed by atoms with Gasteiger partial charge >= 0.3 is 0 Å². The fourth-order valence-corrected chi connectivity index (χ4v) is 4.45. The van der Waals surface area contributed by atoms with E-state index in [1.54, 1.807) is 18.2 Å². The van der Waals surface area contributed by atoms with Gasteiger partial charge in [-0.3, -0.25) is 0 Å². The Bertz CT molecular complexity index is 1070.